The SMILES string of the molecule is CCNC(Cc1nccs1)Cc1ccccc1C. The highest BCUT2D eigenvalue weighted by molar-refractivity contribution is 7.09. The molecule has 3 heteroatoms. The predicted octanol–water partition coefficient (Wildman–Crippen LogP) is 3.21. The van der Waals surface area contributed by atoms with Gasteiger partial charge in [-0.25, -0.2) is 4.98 Å². The van der Waals surface area contributed by atoms with Gasteiger partial charge in [0.1, 0.15) is 0 Å². The number of hydrogen-bond donors (Lipinski definition) is 1. The van der Waals surface area contributed by atoms with Crippen LogP contribution in [0.2, 0.25) is 0 Å². The summed E-state index contributed by atoms with van der Waals surface area (Å²) in [5.41, 5.74) is 2.81. The normalized spacial score (nSPS) is 12.6. The Bertz CT molecular complexity index is 465. The van der Waals surface area contributed by atoms with Crippen LogP contribution in [0.5, 0.6) is 0 Å². The molecule has 0 saturated carbocycles. The van der Waals surface area contributed by atoms with Crippen LogP contribution in [0.15, 0.2) is 35.8 Å². The third-order valence-corrected chi connectivity index (χ3v) is 3.93. The van der Waals surface area contributed by atoms with Crippen LogP contribution >= 0.6 is 11.3 Å². The van der Waals surface area contributed by atoms with E-state index in [9.17, 15) is 0 Å². The number of nitrogens with zero attached hydrogens (tertiary/aromatic N) is 1. The lowest BCUT2D eigenvalue weighted by molar-refractivity contribution is 0.519. The third kappa shape index (κ3) is 3.65. The van der Waals surface area contributed by atoms with Crippen molar-refractivity contribution in [1.29, 1.82) is 0 Å². The van der Waals surface area contributed by atoms with Crippen molar-refractivity contribution in [3.8, 4) is 0 Å². The van der Waals surface area contributed by atoms with Gasteiger partial charge in [-0.3, -0.25) is 0 Å². The van der Waals surface area contributed by atoms with Gasteiger partial charge in [-0.2, -0.15) is 0 Å². The number of benzene rings is 1. The monoisotopic (exact) mass is 260 g/mol. The van der Waals surface area contributed by atoms with Crippen molar-refractivity contribution >= 4 is 11.3 Å². The van der Waals surface area contributed by atoms with Crippen molar-refractivity contribution in [2.45, 2.75) is 32.7 Å². The van der Waals surface area contributed by atoms with Gasteiger partial charge in [-0.05, 0) is 31.0 Å². The molecule has 1 heterocycles. The quantitative estimate of drug-likeness (QED) is 0.862. The van der Waals surface area contributed by atoms with Gasteiger partial charge < -0.3 is 5.32 Å². The number of rotatable bonds is 6. The maximum atomic E-state index is 4.38. The van der Waals surface area contributed by atoms with Crippen molar-refractivity contribution in [2.24, 2.45) is 0 Å². The van der Waals surface area contributed by atoms with E-state index in [-0.39, 0.29) is 0 Å². The Morgan fingerprint density at radius 2 is 2.11 bits per heavy atom. The van der Waals surface area contributed by atoms with Crippen molar-refractivity contribution in [3.63, 3.8) is 0 Å². The average molecular weight is 260 g/mol. The molecule has 2 aromatic rings. The minimum atomic E-state index is 0.474. The summed E-state index contributed by atoms with van der Waals surface area (Å²) in [6, 6.07) is 9.10. The molecule has 0 aliphatic heterocycles. The van der Waals surface area contributed by atoms with E-state index in [1.165, 1.54) is 16.1 Å². The molecule has 96 valence electrons. The molecule has 0 amide bonds. The molecule has 2 nitrogen and oxygen atoms in total. The van der Waals surface area contributed by atoms with Gasteiger partial charge in [0.2, 0.25) is 0 Å². The molecule has 0 bridgehead atoms. The van der Waals surface area contributed by atoms with E-state index in [4.69, 9.17) is 0 Å². The topological polar surface area (TPSA) is 24.9 Å². The van der Waals surface area contributed by atoms with E-state index in [1.54, 1.807) is 11.3 Å². The summed E-state index contributed by atoms with van der Waals surface area (Å²) in [6.07, 6.45) is 3.97. The van der Waals surface area contributed by atoms with Gasteiger partial charge in [0, 0.05) is 24.0 Å². The first kappa shape index (κ1) is 13.2. The summed E-state index contributed by atoms with van der Waals surface area (Å²) in [7, 11) is 0. The van der Waals surface area contributed by atoms with Crippen LogP contribution in [0, 0.1) is 6.92 Å². The van der Waals surface area contributed by atoms with E-state index in [1.807, 2.05) is 11.6 Å². The van der Waals surface area contributed by atoms with Gasteiger partial charge in [0.15, 0.2) is 0 Å². The van der Waals surface area contributed by atoms with Crippen molar-refractivity contribution in [3.05, 3.63) is 52.0 Å². The molecule has 1 atom stereocenters. The van der Waals surface area contributed by atoms with Crippen LogP contribution in [0.25, 0.3) is 0 Å². The molecule has 0 radical (unpaired) electrons. The zero-order valence-electron chi connectivity index (χ0n) is 11.0. The van der Waals surface area contributed by atoms with Gasteiger partial charge in [0.25, 0.3) is 0 Å². The Balaban J connectivity index is 2.04. The van der Waals surface area contributed by atoms with Crippen LogP contribution in [0.1, 0.15) is 23.1 Å². The van der Waals surface area contributed by atoms with Gasteiger partial charge in [0.05, 0.1) is 5.01 Å². The van der Waals surface area contributed by atoms with Crippen LogP contribution in [-0.2, 0) is 12.8 Å². The molecule has 1 unspecified atom stereocenters. The van der Waals surface area contributed by atoms with E-state index in [0.717, 1.165) is 19.4 Å². The van der Waals surface area contributed by atoms with Gasteiger partial charge in [-0.15, -0.1) is 11.3 Å². The fourth-order valence-electron chi connectivity index (χ4n) is 2.17. The molecule has 0 saturated heterocycles. The molecule has 0 spiro atoms. The second-order valence-electron chi connectivity index (χ2n) is 4.52. The van der Waals surface area contributed by atoms with Crippen LogP contribution < -0.4 is 5.32 Å². The lowest BCUT2D eigenvalue weighted by Gasteiger charge is -2.18. The second kappa shape index (κ2) is 6.66. The first-order valence-electron chi connectivity index (χ1n) is 6.46. The van der Waals surface area contributed by atoms with E-state index in [2.05, 4.69) is 48.4 Å². The standard InChI is InChI=1S/C15H20N2S/c1-3-16-14(11-15-17-8-9-18-15)10-13-7-5-4-6-12(13)2/h4-9,14,16H,3,10-11H2,1-2H3. The smallest absolute Gasteiger partial charge is 0.0940 e. The van der Waals surface area contributed by atoms with E-state index < -0.39 is 0 Å². The summed E-state index contributed by atoms with van der Waals surface area (Å²) < 4.78 is 0. The number of hydrogen-bond acceptors (Lipinski definition) is 3. The van der Waals surface area contributed by atoms with Crippen molar-refractivity contribution in [1.82, 2.24) is 10.3 Å². The first-order valence-corrected chi connectivity index (χ1v) is 7.33. The summed E-state index contributed by atoms with van der Waals surface area (Å²) in [6.45, 7) is 5.34. The highest BCUT2D eigenvalue weighted by Gasteiger charge is 2.12. The molecule has 1 aromatic heterocycles. The van der Waals surface area contributed by atoms with Gasteiger partial charge >= 0.3 is 0 Å². The number of aryl methyl sites for hydroxylation is 1. The molecule has 18 heavy (non-hydrogen) atoms. The summed E-state index contributed by atoms with van der Waals surface area (Å²) in [5, 5.41) is 6.83. The summed E-state index contributed by atoms with van der Waals surface area (Å²) in [4.78, 5) is 4.38. The molecule has 0 aliphatic carbocycles. The highest BCUT2D eigenvalue weighted by atomic mass is 32.1. The Kier molecular flexibility index (Phi) is 4.90. The maximum absolute atomic E-state index is 4.38. The number of nitrogens with one attached hydrogen (secondary N) is 1. The molecule has 0 fully saturated rings. The first-order chi connectivity index (χ1) is 8.79. The molecule has 1 N–H and O–H groups in total. The van der Waals surface area contributed by atoms with E-state index >= 15 is 0 Å². The zero-order valence-corrected chi connectivity index (χ0v) is 11.8. The van der Waals surface area contributed by atoms with Crippen LogP contribution in [0.3, 0.4) is 0 Å². The highest BCUT2D eigenvalue weighted by Crippen LogP contribution is 2.14. The minimum Gasteiger partial charge on any atom is -0.314 e. The lowest BCUT2D eigenvalue weighted by Crippen LogP contribution is -2.33. The average Bonchev–Trinajstić information content (AvgIpc) is 2.85. The number of aromatic nitrogens is 1. The van der Waals surface area contributed by atoms with Crippen LogP contribution in [0.4, 0.5) is 0 Å². The summed E-state index contributed by atoms with van der Waals surface area (Å²) >= 11 is 1.74. The fraction of sp³-hybridized carbons (Fsp3) is 0.400. The molecular weight excluding hydrogens is 240 g/mol. The Morgan fingerprint density at radius 1 is 1.28 bits per heavy atom. The number of likely N-dealkylation sites (N-methyl/N-ethyl adjacent to an activating group) is 1. The third-order valence-electron chi connectivity index (χ3n) is 3.12. The zero-order chi connectivity index (χ0) is 12.8. The maximum Gasteiger partial charge on any atom is 0.0940 e. The predicted molar refractivity (Wildman–Crippen MR) is 78.2 cm³/mol. The lowest BCUT2D eigenvalue weighted by atomic mass is 9.99. The Morgan fingerprint density at radius 3 is 2.78 bits per heavy atom. The molecule has 0 aliphatic rings. The minimum absolute atomic E-state index is 0.474. The Hall–Kier alpha value is -1.19. The number of thiazole rings is 1. The van der Waals surface area contributed by atoms with Gasteiger partial charge in [-0.1, -0.05) is 31.2 Å². The van der Waals surface area contributed by atoms with Crippen molar-refractivity contribution < 1.29 is 0 Å². The molecular formula is C15H20N2S. The van der Waals surface area contributed by atoms with Crippen LogP contribution in [-0.4, -0.2) is 17.6 Å². The van der Waals surface area contributed by atoms with Crippen molar-refractivity contribution in [2.75, 3.05) is 6.54 Å². The second-order valence-corrected chi connectivity index (χ2v) is 5.49. The molecule has 1 aromatic carbocycles. The fourth-order valence-corrected chi connectivity index (χ4v) is 2.87. The largest absolute Gasteiger partial charge is 0.314 e. The summed E-state index contributed by atoms with van der Waals surface area (Å²) in [5.74, 6) is 0. The Labute approximate surface area is 113 Å². The molecule has 2 rings (SSSR count). The van der Waals surface area contributed by atoms with E-state index in [0.29, 0.717) is 6.04 Å².